The van der Waals surface area contributed by atoms with E-state index in [0.29, 0.717) is 15.3 Å². The highest BCUT2D eigenvalue weighted by Gasteiger charge is 2.26. The van der Waals surface area contributed by atoms with E-state index >= 15 is 0 Å². The lowest BCUT2D eigenvalue weighted by atomic mass is 10.0. The number of nitrogens with zero attached hydrogens (tertiary/aromatic N) is 4. The number of carbonyl (C=O) groups excluding carboxylic acids is 1. The van der Waals surface area contributed by atoms with Gasteiger partial charge < -0.3 is 5.32 Å². The van der Waals surface area contributed by atoms with Crippen molar-refractivity contribution in [2.24, 2.45) is 0 Å². The van der Waals surface area contributed by atoms with Crippen LogP contribution in [0, 0.1) is 0 Å². The Morgan fingerprint density at radius 2 is 1.68 bits per heavy atom. The Labute approximate surface area is 208 Å². The number of thiazole rings is 1. The number of fused-ring (bicyclic) bond motifs is 3. The third kappa shape index (κ3) is 3.64. The molecule has 0 saturated carbocycles. The number of nitrogens with one attached hydrogen (secondary N) is 1. The van der Waals surface area contributed by atoms with Gasteiger partial charge in [-0.3, -0.25) is 4.79 Å². The van der Waals surface area contributed by atoms with Gasteiger partial charge in [0.25, 0.3) is 0 Å². The van der Waals surface area contributed by atoms with Crippen LogP contribution in [0.3, 0.4) is 0 Å². The van der Waals surface area contributed by atoms with E-state index in [4.69, 9.17) is 16.6 Å². The lowest BCUT2D eigenvalue weighted by molar-refractivity contribution is -0.115. The van der Waals surface area contributed by atoms with Crippen LogP contribution in [0.5, 0.6) is 0 Å². The fourth-order valence-corrected chi connectivity index (χ4v) is 5.67. The van der Waals surface area contributed by atoms with Crippen molar-refractivity contribution >= 4 is 56.5 Å². The first-order chi connectivity index (χ1) is 16.6. The number of halogens is 1. The average molecular weight is 502 g/mol. The molecule has 2 aromatic heterocycles. The molecule has 34 heavy (non-hydrogen) atoms. The van der Waals surface area contributed by atoms with Gasteiger partial charge in [-0.15, -0.1) is 21.5 Å². The molecule has 0 fully saturated rings. The minimum atomic E-state index is -0.438. The van der Waals surface area contributed by atoms with Gasteiger partial charge in [0.2, 0.25) is 11.1 Å². The summed E-state index contributed by atoms with van der Waals surface area (Å²) in [4.78, 5) is 22.1. The predicted molar refractivity (Wildman–Crippen MR) is 138 cm³/mol. The molecule has 0 saturated heterocycles. The highest BCUT2D eigenvalue weighted by molar-refractivity contribution is 8.00. The topological polar surface area (TPSA) is 80.7 Å². The molecule has 1 amide bonds. The van der Waals surface area contributed by atoms with E-state index in [2.05, 4.69) is 38.7 Å². The Morgan fingerprint density at radius 3 is 2.47 bits per heavy atom. The zero-order valence-electron chi connectivity index (χ0n) is 17.8. The van der Waals surface area contributed by atoms with E-state index < -0.39 is 5.25 Å². The van der Waals surface area contributed by atoms with Crippen LogP contribution >= 0.6 is 34.7 Å². The van der Waals surface area contributed by atoms with Gasteiger partial charge in [-0.2, -0.15) is 0 Å². The third-order valence-corrected chi connectivity index (χ3v) is 7.66. The lowest BCUT2D eigenvalue weighted by Gasteiger charge is -2.10. The first-order valence-corrected chi connectivity index (χ1v) is 12.7. The van der Waals surface area contributed by atoms with Gasteiger partial charge in [-0.25, -0.2) is 9.97 Å². The highest BCUT2D eigenvalue weighted by atomic mass is 35.5. The molecule has 1 aliphatic rings. The van der Waals surface area contributed by atoms with Crippen molar-refractivity contribution < 1.29 is 4.79 Å². The summed E-state index contributed by atoms with van der Waals surface area (Å²) in [5.74, 6) is -0.181. The second kappa shape index (κ2) is 8.47. The summed E-state index contributed by atoms with van der Waals surface area (Å²) in [5.41, 5.74) is 5.24. The van der Waals surface area contributed by atoms with Gasteiger partial charge in [0.1, 0.15) is 11.4 Å². The fourth-order valence-electron chi connectivity index (χ4n) is 4.01. The maximum atomic E-state index is 12.8. The number of aromatic nitrogens is 4. The number of anilines is 1. The second-order valence-electron chi connectivity index (χ2n) is 7.77. The van der Waals surface area contributed by atoms with Crippen molar-refractivity contribution in [3.63, 3.8) is 0 Å². The summed E-state index contributed by atoms with van der Waals surface area (Å²) in [5, 5.41) is 17.0. The summed E-state index contributed by atoms with van der Waals surface area (Å²) >= 11 is 8.89. The highest BCUT2D eigenvalue weighted by Crippen LogP contribution is 2.45. The number of amides is 1. The zero-order valence-corrected chi connectivity index (χ0v) is 20.2. The van der Waals surface area contributed by atoms with Crippen molar-refractivity contribution in [1.29, 1.82) is 0 Å². The van der Waals surface area contributed by atoms with Gasteiger partial charge in [0.05, 0.1) is 10.9 Å². The van der Waals surface area contributed by atoms with Gasteiger partial charge in [0, 0.05) is 32.5 Å². The Balaban J connectivity index is 1.20. The first-order valence-electron chi connectivity index (χ1n) is 10.5. The molecule has 3 aromatic carbocycles. The number of hydrogen-bond donors (Lipinski definition) is 1. The van der Waals surface area contributed by atoms with Crippen LogP contribution < -0.4 is 5.32 Å². The standard InChI is InChI=1S/C25H16ClN5OS2/c1-13(23(32)29-24-27-19(12-33-24)15-8-2-3-11-18(15)26)34-25-28-21-16-9-4-6-14-7-5-10-17(20(14)16)22(21)30-31-25/h2-13H,1H3,(H,27,29,32). The zero-order chi connectivity index (χ0) is 23.2. The van der Waals surface area contributed by atoms with Crippen LogP contribution in [-0.4, -0.2) is 31.3 Å². The van der Waals surface area contributed by atoms with Crippen molar-refractivity contribution in [2.75, 3.05) is 5.32 Å². The molecule has 6 nitrogen and oxygen atoms in total. The third-order valence-electron chi connectivity index (χ3n) is 5.62. The molecule has 1 atom stereocenters. The molecule has 0 bridgehead atoms. The molecule has 6 rings (SSSR count). The Bertz CT molecular complexity index is 1580. The normalized spacial score (nSPS) is 12.5. The van der Waals surface area contributed by atoms with Crippen LogP contribution in [0.2, 0.25) is 5.02 Å². The van der Waals surface area contributed by atoms with Crippen LogP contribution in [-0.2, 0) is 4.79 Å². The number of rotatable bonds is 5. The monoisotopic (exact) mass is 501 g/mol. The van der Waals surface area contributed by atoms with E-state index in [-0.39, 0.29) is 5.91 Å². The Hall–Kier alpha value is -3.33. The van der Waals surface area contributed by atoms with E-state index in [1.165, 1.54) is 23.1 Å². The summed E-state index contributed by atoms with van der Waals surface area (Å²) in [6, 6.07) is 19.8. The van der Waals surface area contributed by atoms with E-state index in [9.17, 15) is 4.79 Å². The summed E-state index contributed by atoms with van der Waals surface area (Å²) < 4.78 is 0. The largest absolute Gasteiger partial charge is 0.301 e. The molecule has 166 valence electrons. The predicted octanol–water partition coefficient (Wildman–Crippen LogP) is 6.57. The quantitative estimate of drug-likeness (QED) is 0.269. The van der Waals surface area contributed by atoms with Crippen molar-refractivity contribution in [3.05, 3.63) is 71.1 Å². The molecule has 1 unspecified atom stereocenters. The molecule has 0 spiro atoms. The van der Waals surface area contributed by atoms with Crippen LogP contribution in [0.4, 0.5) is 5.13 Å². The maximum absolute atomic E-state index is 12.8. The van der Waals surface area contributed by atoms with E-state index in [1.54, 1.807) is 0 Å². The number of thioether (sulfide) groups is 1. The molecular weight excluding hydrogens is 486 g/mol. The number of benzene rings is 3. The molecule has 1 N–H and O–H groups in total. The van der Waals surface area contributed by atoms with Gasteiger partial charge in [-0.05, 0) is 18.4 Å². The van der Waals surface area contributed by atoms with Crippen LogP contribution in [0.25, 0.3) is 44.5 Å². The molecular formula is C25H16ClN5OS2. The van der Waals surface area contributed by atoms with Gasteiger partial charge >= 0.3 is 0 Å². The van der Waals surface area contributed by atoms with Crippen LogP contribution in [0.15, 0.2) is 71.2 Å². The lowest BCUT2D eigenvalue weighted by Crippen LogP contribution is -2.22. The van der Waals surface area contributed by atoms with Gasteiger partial charge in [0.15, 0.2) is 5.13 Å². The molecule has 9 heteroatoms. The smallest absolute Gasteiger partial charge is 0.239 e. The van der Waals surface area contributed by atoms with E-state index in [0.717, 1.165) is 44.5 Å². The Morgan fingerprint density at radius 1 is 0.941 bits per heavy atom. The van der Waals surface area contributed by atoms with Crippen molar-refractivity contribution in [3.8, 4) is 33.8 Å². The maximum Gasteiger partial charge on any atom is 0.239 e. The minimum absolute atomic E-state index is 0.181. The SMILES string of the molecule is CC(Sc1nnc2c(n1)-c1cccc3cccc-2c13)C(=O)Nc1nc(-c2ccccc2Cl)cs1. The Kier molecular flexibility index (Phi) is 5.28. The summed E-state index contributed by atoms with van der Waals surface area (Å²) in [6.07, 6.45) is 0. The fraction of sp³-hybridized carbons (Fsp3) is 0.0800. The van der Waals surface area contributed by atoms with Crippen molar-refractivity contribution in [2.45, 2.75) is 17.3 Å². The summed E-state index contributed by atoms with van der Waals surface area (Å²) in [7, 11) is 0. The molecule has 5 aromatic rings. The second-order valence-corrected chi connectivity index (χ2v) is 10.3. The summed E-state index contributed by atoms with van der Waals surface area (Å²) in [6.45, 7) is 1.81. The molecule has 0 aliphatic heterocycles. The first kappa shape index (κ1) is 21.2. The van der Waals surface area contributed by atoms with Crippen LogP contribution in [0.1, 0.15) is 6.92 Å². The molecule has 1 aliphatic carbocycles. The van der Waals surface area contributed by atoms with E-state index in [1.807, 2.05) is 54.8 Å². The number of carbonyl (C=O) groups is 1. The number of hydrogen-bond acceptors (Lipinski definition) is 7. The minimum Gasteiger partial charge on any atom is -0.301 e. The molecule has 0 radical (unpaired) electrons. The average Bonchev–Trinajstić information content (AvgIpc) is 3.44. The van der Waals surface area contributed by atoms with Gasteiger partial charge in [-0.1, -0.05) is 78.0 Å². The molecule has 2 heterocycles. The van der Waals surface area contributed by atoms with Crippen molar-refractivity contribution in [1.82, 2.24) is 20.2 Å².